The second-order valence-electron chi connectivity index (χ2n) is 6.55. The van der Waals surface area contributed by atoms with Crippen molar-refractivity contribution >= 4 is 33.7 Å². The first kappa shape index (κ1) is 22.2. The average Bonchev–Trinajstić information content (AvgIpc) is 2.77. The summed E-state index contributed by atoms with van der Waals surface area (Å²) in [7, 11) is -4.30. The molecule has 0 aliphatic carbocycles. The minimum absolute atomic E-state index is 0.256. The van der Waals surface area contributed by atoms with Gasteiger partial charge in [-0.2, -0.15) is 8.42 Å². The molecule has 8 nitrogen and oxygen atoms in total. The van der Waals surface area contributed by atoms with Crippen LogP contribution in [0.1, 0.15) is 16.8 Å². The first-order valence-electron chi connectivity index (χ1n) is 9.40. The van der Waals surface area contributed by atoms with Crippen LogP contribution in [0, 0.1) is 0 Å². The molecule has 31 heavy (non-hydrogen) atoms. The van der Waals surface area contributed by atoms with E-state index in [4.69, 9.17) is 4.55 Å². The van der Waals surface area contributed by atoms with Gasteiger partial charge in [-0.05, 0) is 42.0 Å². The van der Waals surface area contributed by atoms with Crippen LogP contribution in [-0.2, 0) is 14.9 Å². The highest BCUT2D eigenvalue weighted by Crippen LogP contribution is 2.30. The maximum Gasteiger partial charge on any atom is 0.294 e. The maximum atomic E-state index is 12.9. The number of hydrazine groups is 1. The molecule has 1 amide bonds. The molecule has 0 bridgehead atoms. The summed E-state index contributed by atoms with van der Waals surface area (Å²) >= 11 is 0. The molecule has 9 heteroatoms. The number of para-hydroxylation sites is 1. The number of benzene rings is 3. The Labute approximate surface area is 180 Å². The fourth-order valence-electron chi connectivity index (χ4n) is 2.94. The van der Waals surface area contributed by atoms with Crippen molar-refractivity contribution in [2.24, 2.45) is 0 Å². The van der Waals surface area contributed by atoms with Crippen molar-refractivity contribution in [2.75, 3.05) is 17.3 Å². The van der Waals surface area contributed by atoms with Crippen molar-refractivity contribution in [1.82, 2.24) is 5.43 Å². The number of rotatable bonds is 9. The molecule has 4 N–H and O–H groups in total. The molecule has 0 saturated heterocycles. The monoisotopic (exact) mass is 439 g/mol. The molecule has 0 heterocycles. The van der Waals surface area contributed by atoms with Crippen LogP contribution in [-0.4, -0.2) is 31.7 Å². The normalized spacial score (nSPS) is 11.0. The SMILES string of the molecule is O=CCCNNc1ccccc1-c1ccccc1C(=O)Nc1ccc(S(=O)(=O)O)cc1. The number of hydrogen-bond donors (Lipinski definition) is 4. The van der Waals surface area contributed by atoms with Crippen LogP contribution in [0.4, 0.5) is 11.4 Å². The molecule has 0 spiro atoms. The fourth-order valence-corrected chi connectivity index (χ4v) is 3.42. The standard InChI is InChI=1S/C22H21N3O5S/c26-15-5-14-23-25-21-9-4-3-7-19(21)18-6-1-2-8-20(18)22(27)24-16-10-12-17(13-11-16)31(28,29)30/h1-4,6-13,15,23,25H,5,14H2,(H,24,27)(H,28,29,30). The molecular formula is C22H21N3O5S. The zero-order chi connectivity index (χ0) is 22.3. The zero-order valence-corrected chi connectivity index (χ0v) is 17.2. The van der Waals surface area contributed by atoms with E-state index in [1.54, 1.807) is 12.1 Å². The number of nitrogens with one attached hydrogen (secondary N) is 3. The molecule has 0 saturated carbocycles. The molecule has 160 valence electrons. The molecule has 0 unspecified atom stereocenters. The van der Waals surface area contributed by atoms with E-state index in [1.165, 1.54) is 24.3 Å². The van der Waals surface area contributed by atoms with Crippen molar-refractivity contribution in [3.63, 3.8) is 0 Å². The number of amides is 1. The first-order valence-corrected chi connectivity index (χ1v) is 10.8. The number of carbonyl (C=O) groups excluding carboxylic acids is 2. The fraction of sp³-hybridized carbons (Fsp3) is 0.0909. The summed E-state index contributed by atoms with van der Waals surface area (Å²) in [5.41, 5.74) is 9.05. The summed E-state index contributed by atoms with van der Waals surface area (Å²) in [5.74, 6) is -0.376. The van der Waals surface area contributed by atoms with E-state index in [2.05, 4.69) is 16.2 Å². The van der Waals surface area contributed by atoms with Gasteiger partial charge in [0.25, 0.3) is 16.0 Å². The van der Waals surface area contributed by atoms with Gasteiger partial charge in [0.05, 0.1) is 10.6 Å². The Morgan fingerprint density at radius 1 is 0.903 bits per heavy atom. The minimum Gasteiger partial charge on any atom is -0.322 e. The van der Waals surface area contributed by atoms with Gasteiger partial charge in [-0.1, -0.05) is 36.4 Å². The second-order valence-corrected chi connectivity index (χ2v) is 7.97. The lowest BCUT2D eigenvalue weighted by molar-refractivity contribution is -0.107. The molecule has 0 aliphatic rings. The largest absolute Gasteiger partial charge is 0.322 e. The number of hydrogen-bond acceptors (Lipinski definition) is 6. The summed E-state index contributed by atoms with van der Waals surface area (Å²) in [6.45, 7) is 0.458. The van der Waals surface area contributed by atoms with Gasteiger partial charge in [-0.25, -0.2) is 5.43 Å². The maximum absolute atomic E-state index is 12.9. The summed E-state index contributed by atoms with van der Waals surface area (Å²) in [6, 6.07) is 19.7. The van der Waals surface area contributed by atoms with E-state index in [0.29, 0.717) is 29.8 Å². The van der Waals surface area contributed by atoms with Crippen LogP contribution >= 0.6 is 0 Å². The van der Waals surface area contributed by atoms with Crippen LogP contribution in [0.5, 0.6) is 0 Å². The summed E-state index contributed by atoms with van der Waals surface area (Å²) in [6.07, 6.45) is 1.19. The Kier molecular flexibility index (Phi) is 7.14. The van der Waals surface area contributed by atoms with E-state index in [-0.39, 0.29) is 10.8 Å². The Balaban J connectivity index is 1.85. The molecule has 0 aliphatic heterocycles. The lowest BCUT2D eigenvalue weighted by atomic mass is 9.97. The third-order valence-corrected chi connectivity index (χ3v) is 5.28. The Bertz CT molecular complexity index is 1180. The highest BCUT2D eigenvalue weighted by atomic mass is 32.2. The van der Waals surface area contributed by atoms with Gasteiger partial charge in [0, 0.05) is 29.8 Å². The molecule has 0 radical (unpaired) electrons. The Morgan fingerprint density at radius 2 is 1.55 bits per heavy atom. The molecule has 0 aromatic heterocycles. The molecule has 3 aromatic carbocycles. The first-order chi connectivity index (χ1) is 14.9. The van der Waals surface area contributed by atoms with Gasteiger partial charge in [0.2, 0.25) is 0 Å². The predicted octanol–water partition coefficient (Wildman–Crippen LogP) is 3.36. The van der Waals surface area contributed by atoms with Crippen molar-refractivity contribution in [1.29, 1.82) is 0 Å². The van der Waals surface area contributed by atoms with Crippen molar-refractivity contribution in [2.45, 2.75) is 11.3 Å². The summed E-state index contributed by atoms with van der Waals surface area (Å²) < 4.78 is 31.4. The van der Waals surface area contributed by atoms with Crippen LogP contribution in [0.3, 0.4) is 0 Å². The van der Waals surface area contributed by atoms with E-state index >= 15 is 0 Å². The lowest BCUT2D eigenvalue weighted by Gasteiger charge is -2.15. The average molecular weight is 439 g/mol. The van der Waals surface area contributed by atoms with Crippen molar-refractivity contribution < 1.29 is 22.6 Å². The van der Waals surface area contributed by atoms with Gasteiger partial charge in [-0.15, -0.1) is 0 Å². The quantitative estimate of drug-likeness (QED) is 0.174. The zero-order valence-electron chi connectivity index (χ0n) is 16.4. The minimum atomic E-state index is -4.30. The van der Waals surface area contributed by atoms with Gasteiger partial charge >= 0.3 is 0 Å². The topological polar surface area (TPSA) is 125 Å². The second kappa shape index (κ2) is 9.98. The van der Waals surface area contributed by atoms with E-state index in [0.717, 1.165) is 17.5 Å². The van der Waals surface area contributed by atoms with E-state index in [9.17, 15) is 18.0 Å². The Hall–Kier alpha value is -3.53. The summed E-state index contributed by atoms with van der Waals surface area (Å²) in [5, 5.41) is 2.74. The number of anilines is 2. The molecule has 3 aromatic rings. The Morgan fingerprint density at radius 3 is 2.23 bits per heavy atom. The van der Waals surface area contributed by atoms with Gasteiger partial charge < -0.3 is 15.5 Å². The van der Waals surface area contributed by atoms with Gasteiger partial charge in [-0.3, -0.25) is 9.35 Å². The predicted molar refractivity (Wildman–Crippen MR) is 118 cm³/mol. The third-order valence-electron chi connectivity index (χ3n) is 4.41. The lowest BCUT2D eigenvalue weighted by Crippen LogP contribution is -2.23. The van der Waals surface area contributed by atoms with Crippen molar-refractivity contribution in [3.8, 4) is 11.1 Å². The number of aldehydes is 1. The van der Waals surface area contributed by atoms with Crippen LogP contribution in [0.2, 0.25) is 0 Å². The third kappa shape index (κ3) is 5.76. The van der Waals surface area contributed by atoms with Crippen LogP contribution in [0.15, 0.2) is 77.7 Å². The molecular weight excluding hydrogens is 418 g/mol. The van der Waals surface area contributed by atoms with Crippen molar-refractivity contribution in [3.05, 3.63) is 78.4 Å². The smallest absolute Gasteiger partial charge is 0.294 e. The molecule has 3 rings (SSSR count). The highest BCUT2D eigenvalue weighted by Gasteiger charge is 2.16. The van der Waals surface area contributed by atoms with Gasteiger partial charge in [0.1, 0.15) is 6.29 Å². The van der Waals surface area contributed by atoms with Crippen LogP contribution < -0.4 is 16.2 Å². The van der Waals surface area contributed by atoms with E-state index in [1.807, 2.05) is 36.4 Å². The van der Waals surface area contributed by atoms with E-state index < -0.39 is 10.1 Å². The van der Waals surface area contributed by atoms with Gasteiger partial charge in [0.15, 0.2) is 0 Å². The number of carbonyl (C=O) groups is 2. The van der Waals surface area contributed by atoms with Crippen LogP contribution in [0.25, 0.3) is 11.1 Å². The molecule has 0 atom stereocenters. The summed E-state index contributed by atoms with van der Waals surface area (Å²) in [4.78, 5) is 23.2. The highest BCUT2D eigenvalue weighted by molar-refractivity contribution is 7.85. The molecule has 0 fully saturated rings.